The first-order valence-corrected chi connectivity index (χ1v) is 6.23. The van der Waals surface area contributed by atoms with Gasteiger partial charge in [-0.25, -0.2) is 0 Å². The van der Waals surface area contributed by atoms with Crippen LogP contribution in [0.5, 0.6) is 0 Å². The van der Waals surface area contributed by atoms with Gasteiger partial charge in [0, 0.05) is 18.8 Å². The number of nitrogens with zero attached hydrogens (tertiary/aromatic N) is 1. The van der Waals surface area contributed by atoms with Gasteiger partial charge in [0.25, 0.3) is 0 Å². The van der Waals surface area contributed by atoms with Gasteiger partial charge in [0.2, 0.25) is 0 Å². The van der Waals surface area contributed by atoms with Crippen molar-refractivity contribution in [2.24, 2.45) is 0 Å². The molecule has 0 saturated carbocycles. The van der Waals surface area contributed by atoms with E-state index in [1.807, 2.05) is 25.1 Å². The third kappa shape index (κ3) is 4.24. The molecule has 0 aliphatic heterocycles. The first-order valence-electron chi connectivity index (χ1n) is 6.23. The summed E-state index contributed by atoms with van der Waals surface area (Å²) in [5, 5.41) is 8.82. The van der Waals surface area contributed by atoms with Crippen LogP contribution in [0.3, 0.4) is 0 Å². The first kappa shape index (κ1) is 14.3. The SMILES string of the molecule is C=C(C)CN(CCC(=O)O)c1ccccc1CC. The topological polar surface area (TPSA) is 40.5 Å². The summed E-state index contributed by atoms with van der Waals surface area (Å²) in [4.78, 5) is 12.8. The molecule has 0 atom stereocenters. The second-order valence-electron chi connectivity index (χ2n) is 4.50. The zero-order valence-corrected chi connectivity index (χ0v) is 11.1. The van der Waals surface area contributed by atoms with Crippen molar-refractivity contribution in [3.05, 3.63) is 42.0 Å². The van der Waals surface area contributed by atoms with Crippen LogP contribution in [0.2, 0.25) is 0 Å². The van der Waals surface area contributed by atoms with Crippen LogP contribution in [-0.2, 0) is 11.2 Å². The van der Waals surface area contributed by atoms with Crippen LogP contribution in [0, 0.1) is 0 Å². The summed E-state index contributed by atoms with van der Waals surface area (Å²) in [6.07, 6.45) is 1.08. The quantitative estimate of drug-likeness (QED) is 0.753. The predicted molar refractivity (Wildman–Crippen MR) is 75.1 cm³/mol. The van der Waals surface area contributed by atoms with Crippen molar-refractivity contribution >= 4 is 11.7 Å². The Kier molecular flexibility index (Phi) is 5.43. The summed E-state index contributed by atoms with van der Waals surface area (Å²) in [7, 11) is 0. The number of carboxylic acids is 1. The largest absolute Gasteiger partial charge is 0.481 e. The number of aryl methyl sites for hydroxylation is 1. The van der Waals surface area contributed by atoms with E-state index < -0.39 is 5.97 Å². The van der Waals surface area contributed by atoms with Crippen LogP contribution in [0.4, 0.5) is 5.69 Å². The molecule has 0 aliphatic rings. The van der Waals surface area contributed by atoms with Crippen LogP contribution in [0.25, 0.3) is 0 Å². The number of para-hydroxylation sites is 1. The fraction of sp³-hybridized carbons (Fsp3) is 0.400. The highest BCUT2D eigenvalue weighted by Crippen LogP contribution is 2.22. The summed E-state index contributed by atoms with van der Waals surface area (Å²) in [6, 6.07) is 8.13. The lowest BCUT2D eigenvalue weighted by Gasteiger charge is -2.26. The van der Waals surface area contributed by atoms with Crippen LogP contribution in [-0.4, -0.2) is 24.2 Å². The first-order chi connectivity index (χ1) is 8.54. The molecular weight excluding hydrogens is 226 g/mol. The number of aliphatic carboxylic acids is 1. The van der Waals surface area contributed by atoms with Gasteiger partial charge in [-0.3, -0.25) is 4.79 Å². The molecule has 3 nitrogen and oxygen atoms in total. The van der Waals surface area contributed by atoms with Crippen LogP contribution in [0.1, 0.15) is 25.8 Å². The predicted octanol–water partition coefficient (Wildman–Crippen LogP) is 3.11. The molecule has 0 spiro atoms. The number of rotatable bonds is 7. The van der Waals surface area contributed by atoms with Gasteiger partial charge in [0.15, 0.2) is 0 Å². The highest BCUT2D eigenvalue weighted by atomic mass is 16.4. The van der Waals surface area contributed by atoms with Gasteiger partial charge in [-0.15, -0.1) is 0 Å². The van der Waals surface area contributed by atoms with Gasteiger partial charge in [-0.2, -0.15) is 0 Å². The summed E-state index contributed by atoms with van der Waals surface area (Å²) in [5.74, 6) is -0.768. The van der Waals surface area contributed by atoms with Crippen molar-refractivity contribution < 1.29 is 9.90 Å². The third-order valence-corrected chi connectivity index (χ3v) is 2.77. The van der Waals surface area contributed by atoms with Crippen molar-refractivity contribution in [3.63, 3.8) is 0 Å². The molecule has 98 valence electrons. The monoisotopic (exact) mass is 247 g/mol. The normalized spacial score (nSPS) is 10.1. The van der Waals surface area contributed by atoms with E-state index in [1.54, 1.807) is 0 Å². The maximum atomic E-state index is 10.7. The van der Waals surface area contributed by atoms with E-state index in [2.05, 4.69) is 24.5 Å². The number of carbonyl (C=O) groups is 1. The molecule has 0 bridgehead atoms. The van der Waals surface area contributed by atoms with E-state index in [0.29, 0.717) is 13.1 Å². The van der Waals surface area contributed by atoms with Crippen LogP contribution in [0.15, 0.2) is 36.4 Å². The fourth-order valence-corrected chi connectivity index (χ4v) is 1.96. The Bertz CT molecular complexity index is 426. The van der Waals surface area contributed by atoms with Crippen molar-refractivity contribution in [1.82, 2.24) is 0 Å². The third-order valence-electron chi connectivity index (χ3n) is 2.77. The van der Waals surface area contributed by atoms with E-state index in [1.165, 1.54) is 5.56 Å². The van der Waals surface area contributed by atoms with Crippen LogP contribution >= 0.6 is 0 Å². The number of benzene rings is 1. The summed E-state index contributed by atoms with van der Waals surface area (Å²) in [5.41, 5.74) is 3.39. The second kappa shape index (κ2) is 6.84. The molecule has 0 unspecified atom stereocenters. The summed E-state index contributed by atoms with van der Waals surface area (Å²) >= 11 is 0. The zero-order chi connectivity index (χ0) is 13.5. The molecule has 0 saturated heterocycles. The molecule has 18 heavy (non-hydrogen) atoms. The molecular formula is C15H21NO2. The molecule has 0 aromatic heterocycles. The average Bonchev–Trinajstić information content (AvgIpc) is 2.33. The van der Waals surface area contributed by atoms with E-state index >= 15 is 0 Å². The molecule has 0 aliphatic carbocycles. The molecule has 1 aromatic carbocycles. The molecule has 1 rings (SSSR count). The number of hydrogen-bond acceptors (Lipinski definition) is 2. The van der Waals surface area contributed by atoms with E-state index in [4.69, 9.17) is 5.11 Å². The Labute approximate surface area is 109 Å². The Hall–Kier alpha value is -1.77. The molecule has 0 radical (unpaired) electrons. The molecule has 0 heterocycles. The number of hydrogen-bond donors (Lipinski definition) is 1. The molecule has 0 fully saturated rings. The van der Waals surface area contributed by atoms with Crippen molar-refractivity contribution in [3.8, 4) is 0 Å². The van der Waals surface area contributed by atoms with Gasteiger partial charge in [-0.1, -0.05) is 37.3 Å². The Morgan fingerprint density at radius 1 is 1.39 bits per heavy atom. The molecule has 0 amide bonds. The van der Waals surface area contributed by atoms with Crippen molar-refractivity contribution in [1.29, 1.82) is 0 Å². The molecule has 3 heteroatoms. The zero-order valence-electron chi connectivity index (χ0n) is 11.1. The van der Waals surface area contributed by atoms with Gasteiger partial charge >= 0.3 is 5.97 Å². The van der Waals surface area contributed by atoms with Gasteiger partial charge < -0.3 is 10.0 Å². The lowest BCUT2D eigenvalue weighted by molar-refractivity contribution is -0.136. The minimum absolute atomic E-state index is 0.144. The lowest BCUT2D eigenvalue weighted by Crippen LogP contribution is -2.28. The number of anilines is 1. The minimum atomic E-state index is -0.768. The van der Waals surface area contributed by atoms with Crippen LogP contribution < -0.4 is 4.90 Å². The molecule has 1 N–H and O–H groups in total. The highest BCUT2D eigenvalue weighted by molar-refractivity contribution is 5.68. The Morgan fingerprint density at radius 3 is 2.61 bits per heavy atom. The van der Waals surface area contributed by atoms with E-state index in [9.17, 15) is 4.79 Å². The summed E-state index contributed by atoms with van der Waals surface area (Å²) < 4.78 is 0. The van der Waals surface area contributed by atoms with Crippen molar-refractivity contribution in [2.45, 2.75) is 26.7 Å². The van der Waals surface area contributed by atoms with Crippen molar-refractivity contribution in [2.75, 3.05) is 18.0 Å². The Morgan fingerprint density at radius 2 is 2.06 bits per heavy atom. The average molecular weight is 247 g/mol. The standard InChI is InChI=1S/C15H21NO2/c1-4-13-7-5-6-8-14(13)16(11-12(2)3)10-9-15(17)18/h5-8H,2,4,9-11H2,1,3H3,(H,17,18). The maximum Gasteiger partial charge on any atom is 0.305 e. The fourth-order valence-electron chi connectivity index (χ4n) is 1.96. The summed E-state index contributed by atoms with van der Waals surface area (Å²) in [6.45, 7) is 9.19. The van der Waals surface area contributed by atoms with Gasteiger partial charge in [0.05, 0.1) is 6.42 Å². The lowest BCUT2D eigenvalue weighted by atomic mass is 10.1. The van der Waals surface area contributed by atoms with Gasteiger partial charge in [-0.05, 0) is 25.0 Å². The van der Waals surface area contributed by atoms with E-state index in [0.717, 1.165) is 17.7 Å². The highest BCUT2D eigenvalue weighted by Gasteiger charge is 2.11. The maximum absolute atomic E-state index is 10.7. The Balaban J connectivity index is 2.92. The minimum Gasteiger partial charge on any atom is -0.481 e. The smallest absolute Gasteiger partial charge is 0.305 e. The second-order valence-corrected chi connectivity index (χ2v) is 4.50. The molecule has 1 aromatic rings. The van der Waals surface area contributed by atoms with E-state index in [-0.39, 0.29) is 6.42 Å². The number of carboxylic acid groups (broad SMARTS) is 1. The van der Waals surface area contributed by atoms with Gasteiger partial charge in [0.1, 0.15) is 0 Å².